The van der Waals surface area contributed by atoms with Gasteiger partial charge in [-0.15, -0.1) is 11.8 Å². The molecule has 6 nitrogen and oxygen atoms in total. The zero-order chi connectivity index (χ0) is 21.8. The van der Waals surface area contributed by atoms with Gasteiger partial charge in [-0.3, -0.25) is 14.4 Å². The molecule has 0 spiro atoms. The molecule has 156 valence electrons. The van der Waals surface area contributed by atoms with Gasteiger partial charge in [0.25, 0.3) is 11.8 Å². The third kappa shape index (κ3) is 4.62. The number of benzene rings is 3. The molecule has 3 aromatic carbocycles. The molecule has 0 aliphatic carbocycles. The molecule has 0 saturated carbocycles. The van der Waals surface area contributed by atoms with Gasteiger partial charge >= 0.3 is 0 Å². The van der Waals surface area contributed by atoms with Gasteiger partial charge in [0.2, 0.25) is 5.91 Å². The van der Waals surface area contributed by atoms with E-state index in [2.05, 4.69) is 5.32 Å². The predicted molar refractivity (Wildman–Crippen MR) is 123 cm³/mol. The maximum atomic E-state index is 12.9. The number of carbonyl (C=O) groups excluding carboxylic acids is 3. The van der Waals surface area contributed by atoms with Crippen LogP contribution in [0.15, 0.2) is 77.7 Å². The molecule has 0 atom stereocenters. The third-order valence-electron chi connectivity index (χ3n) is 5.02. The van der Waals surface area contributed by atoms with Gasteiger partial charge in [-0.25, -0.2) is 0 Å². The molecule has 0 fully saturated rings. The Balaban J connectivity index is 1.45. The van der Waals surface area contributed by atoms with Crippen LogP contribution < -0.4 is 16.0 Å². The van der Waals surface area contributed by atoms with E-state index in [1.807, 2.05) is 24.3 Å². The highest BCUT2D eigenvalue weighted by molar-refractivity contribution is 8.00. The molecule has 7 heteroatoms. The van der Waals surface area contributed by atoms with Crippen LogP contribution in [0.3, 0.4) is 0 Å². The van der Waals surface area contributed by atoms with E-state index in [1.165, 1.54) is 17.3 Å². The summed E-state index contributed by atoms with van der Waals surface area (Å²) < 4.78 is 0. The van der Waals surface area contributed by atoms with Crippen molar-refractivity contribution in [2.24, 2.45) is 5.73 Å². The monoisotopic (exact) mass is 431 g/mol. The van der Waals surface area contributed by atoms with Gasteiger partial charge in [0.15, 0.2) is 0 Å². The lowest BCUT2D eigenvalue weighted by atomic mass is 10.1. The van der Waals surface area contributed by atoms with Crippen LogP contribution in [-0.4, -0.2) is 30.0 Å². The lowest BCUT2D eigenvalue weighted by molar-refractivity contribution is -0.115. The van der Waals surface area contributed by atoms with Crippen LogP contribution in [0, 0.1) is 0 Å². The number of para-hydroxylation sites is 1. The van der Waals surface area contributed by atoms with E-state index in [1.54, 1.807) is 53.4 Å². The molecule has 0 unspecified atom stereocenters. The first-order valence-corrected chi connectivity index (χ1v) is 10.8. The zero-order valence-corrected chi connectivity index (χ0v) is 17.5. The van der Waals surface area contributed by atoms with Crippen LogP contribution in [0.1, 0.15) is 26.3 Å². The molecular weight excluding hydrogens is 410 g/mol. The summed E-state index contributed by atoms with van der Waals surface area (Å²) in [6.07, 6.45) is 0.850. The Morgan fingerprint density at radius 3 is 2.42 bits per heavy atom. The molecule has 0 radical (unpaired) electrons. The van der Waals surface area contributed by atoms with Gasteiger partial charge in [-0.1, -0.05) is 30.3 Å². The number of hydrogen-bond acceptors (Lipinski definition) is 4. The minimum atomic E-state index is -0.443. The Morgan fingerprint density at radius 2 is 1.65 bits per heavy atom. The molecular formula is C24H21N3O3S. The number of thioether (sulfide) groups is 1. The van der Waals surface area contributed by atoms with Crippen molar-refractivity contribution in [3.63, 3.8) is 0 Å². The van der Waals surface area contributed by atoms with Crippen LogP contribution in [0.2, 0.25) is 0 Å². The maximum Gasteiger partial charge on any atom is 0.258 e. The first-order chi connectivity index (χ1) is 15.0. The van der Waals surface area contributed by atoms with Crippen LogP contribution in [-0.2, 0) is 11.2 Å². The lowest BCUT2D eigenvalue weighted by Gasteiger charge is -2.17. The van der Waals surface area contributed by atoms with Crippen molar-refractivity contribution >= 4 is 40.9 Å². The summed E-state index contributed by atoms with van der Waals surface area (Å²) in [4.78, 5) is 39.2. The number of fused-ring (bicyclic) bond motifs is 1. The van der Waals surface area contributed by atoms with Gasteiger partial charge < -0.3 is 16.0 Å². The summed E-state index contributed by atoms with van der Waals surface area (Å²) >= 11 is 1.22. The summed E-state index contributed by atoms with van der Waals surface area (Å²) in [6, 6.07) is 21.8. The first-order valence-electron chi connectivity index (χ1n) is 9.84. The van der Waals surface area contributed by atoms with Crippen LogP contribution >= 0.6 is 11.8 Å². The van der Waals surface area contributed by atoms with Crippen LogP contribution in [0.5, 0.6) is 0 Å². The number of hydrogen-bond donors (Lipinski definition) is 2. The van der Waals surface area contributed by atoms with Crippen molar-refractivity contribution in [2.45, 2.75) is 11.3 Å². The van der Waals surface area contributed by atoms with Crippen molar-refractivity contribution < 1.29 is 14.4 Å². The van der Waals surface area contributed by atoms with E-state index in [0.717, 1.165) is 12.1 Å². The molecule has 1 aliphatic rings. The summed E-state index contributed by atoms with van der Waals surface area (Å²) in [5, 5.41) is 2.84. The number of primary amides is 1. The zero-order valence-electron chi connectivity index (χ0n) is 16.7. The number of nitrogens with two attached hydrogens (primary N) is 1. The van der Waals surface area contributed by atoms with E-state index < -0.39 is 5.91 Å². The molecule has 31 heavy (non-hydrogen) atoms. The van der Waals surface area contributed by atoms with Crippen LogP contribution in [0.25, 0.3) is 0 Å². The van der Waals surface area contributed by atoms with Crippen LogP contribution in [0.4, 0.5) is 11.4 Å². The second kappa shape index (κ2) is 9.06. The molecule has 1 aliphatic heterocycles. The number of nitrogens with zero attached hydrogens (tertiary/aromatic N) is 1. The fourth-order valence-corrected chi connectivity index (χ4v) is 4.32. The number of rotatable bonds is 6. The highest BCUT2D eigenvalue weighted by Gasteiger charge is 2.25. The summed E-state index contributed by atoms with van der Waals surface area (Å²) in [7, 11) is 0. The molecule has 0 bridgehead atoms. The Bertz CT molecular complexity index is 1140. The summed E-state index contributed by atoms with van der Waals surface area (Å²) in [5.74, 6) is -0.696. The topological polar surface area (TPSA) is 92.5 Å². The Kier molecular flexibility index (Phi) is 6.04. The largest absolute Gasteiger partial charge is 0.369 e. The first kappa shape index (κ1) is 20.7. The molecule has 3 N–H and O–H groups in total. The lowest BCUT2D eigenvalue weighted by Crippen LogP contribution is -2.28. The Hall–Kier alpha value is -3.58. The van der Waals surface area contributed by atoms with E-state index in [-0.39, 0.29) is 17.6 Å². The van der Waals surface area contributed by atoms with Gasteiger partial charge in [-0.2, -0.15) is 0 Å². The smallest absolute Gasteiger partial charge is 0.258 e. The van der Waals surface area contributed by atoms with E-state index in [9.17, 15) is 14.4 Å². The highest BCUT2D eigenvalue weighted by Crippen LogP contribution is 2.29. The van der Waals surface area contributed by atoms with Gasteiger partial charge in [0, 0.05) is 28.4 Å². The quantitative estimate of drug-likeness (QED) is 0.582. The average Bonchev–Trinajstić information content (AvgIpc) is 3.22. The minimum Gasteiger partial charge on any atom is -0.369 e. The number of nitrogens with one attached hydrogen (secondary N) is 1. The van der Waals surface area contributed by atoms with Gasteiger partial charge in [0.05, 0.1) is 11.3 Å². The van der Waals surface area contributed by atoms with Crippen molar-refractivity contribution in [1.82, 2.24) is 0 Å². The third-order valence-corrected chi connectivity index (χ3v) is 6.12. The molecule has 4 rings (SSSR count). The average molecular weight is 432 g/mol. The fourth-order valence-electron chi connectivity index (χ4n) is 3.53. The van der Waals surface area contributed by atoms with Crippen molar-refractivity contribution in [3.8, 4) is 0 Å². The maximum absolute atomic E-state index is 12.9. The number of carbonyl (C=O) groups is 3. The van der Waals surface area contributed by atoms with Crippen molar-refractivity contribution in [3.05, 3.63) is 89.5 Å². The van der Waals surface area contributed by atoms with Crippen molar-refractivity contribution in [2.75, 3.05) is 22.5 Å². The number of anilines is 2. The highest BCUT2D eigenvalue weighted by atomic mass is 32.2. The molecule has 3 aromatic rings. The van der Waals surface area contributed by atoms with Gasteiger partial charge in [-0.05, 0) is 54.4 Å². The second-order valence-electron chi connectivity index (χ2n) is 7.12. The second-order valence-corrected chi connectivity index (χ2v) is 8.14. The normalized spacial score (nSPS) is 12.3. The molecule has 3 amide bonds. The fraction of sp³-hybridized carbons (Fsp3) is 0.125. The molecule has 0 aromatic heterocycles. The van der Waals surface area contributed by atoms with Gasteiger partial charge in [0.1, 0.15) is 0 Å². The minimum absolute atomic E-state index is 0.0592. The standard InChI is InChI=1S/C24H21N3O3S/c25-22(28)15-31-21-8-4-2-6-19(21)23(29)26-18-11-9-17(10-12-18)24(30)27-14-13-16-5-1-3-7-20(16)27/h1-12H,13-15H2,(H2,25,28)(H,26,29). The SMILES string of the molecule is NC(=O)CSc1ccccc1C(=O)Nc1ccc(C(=O)N2CCc3ccccc32)cc1. The summed E-state index contributed by atoms with van der Waals surface area (Å²) in [5.41, 5.74) is 8.94. The van der Waals surface area contributed by atoms with E-state index in [4.69, 9.17) is 5.73 Å². The molecule has 0 saturated heterocycles. The number of amides is 3. The Labute approximate surface area is 184 Å². The van der Waals surface area contributed by atoms with Crippen molar-refractivity contribution in [1.29, 1.82) is 0 Å². The summed E-state index contributed by atoms with van der Waals surface area (Å²) in [6.45, 7) is 0.663. The van der Waals surface area contributed by atoms with E-state index >= 15 is 0 Å². The molecule has 1 heterocycles. The Morgan fingerprint density at radius 1 is 0.935 bits per heavy atom. The predicted octanol–water partition coefficient (Wildman–Crippen LogP) is 3.72. The van der Waals surface area contributed by atoms with E-state index in [0.29, 0.717) is 28.3 Å².